The van der Waals surface area contributed by atoms with Crippen molar-refractivity contribution in [2.45, 2.75) is 65.3 Å². The zero-order chi connectivity index (χ0) is 29.0. The third kappa shape index (κ3) is 15.9. The van der Waals surface area contributed by atoms with Crippen LogP contribution in [-0.2, 0) is 72.6 Å². The van der Waals surface area contributed by atoms with Gasteiger partial charge in [0, 0.05) is 128 Å². The Bertz CT molecular complexity index is 913. The number of carbonyl (C=O) groups is 3. The molecule has 0 spiro atoms. The van der Waals surface area contributed by atoms with Crippen molar-refractivity contribution in [3.63, 3.8) is 0 Å². The molecule has 0 bridgehead atoms. The maximum absolute atomic E-state index is 11.4. The van der Waals surface area contributed by atoms with Gasteiger partial charge in [-0.2, -0.15) is 0 Å². The summed E-state index contributed by atoms with van der Waals surface area (Å²) in [4.78, 5) is 55.2. The number of amides is 2. The molecule has 0 saturated carbocycles. The Balaban J connectivity index is 0. The zero-order valence-electron chi connectivity index (χ0n) is 25.4. The van der Waals surface area contributed by atoms with Crippen molar-refractivity contribution in [1.29, 1.82) is 0 Å². The van der Waals surface area contributed by atoms with E-state index in [1.54, 1.807) is 58.3 Å². The molecule has 0 aliphatic rings. The standard InChI is InChI=1S/3C9H15N3O.2Zn/c1-3-8(13)7(10-2)6-9-11-4-5-12-9;2*1-3-7(9(13)10-2)6-8-11-4-5-12-8;;/h4-5,7,10H,3,6H2,1-2H3,(H,11,12);2*4-5,7H,3,6H2,1-2H3,(H,10,13)(H,11,12);;/t3*7-;;/m000../s1. The minimum atomic E-state index is -0.115. The molecule has 3 atom stereocenters. The van der Waals surface area contributed by atoms with Crippen LogP contribution in [-0.4, -0.2) is 74.7 Å². The number of nitrogens with one attached hydrogen (secondary N) is 6. The van der Waals surface area contributed by atoms with Crippen molar-refractivity contribution < 1.29 is 53.3 Å². The summed E-state index contributed by atoms with van der Waals surface area (Å²) in [5, 5.41) is 8.28. The van der Waals surface area contributed by atoms with Gasteiger partial charge < -0.3 is 30.9 Å². The van der Waals surface area contributed by atoms with Crippen LogP contribution in [0.5, 0.6) is 0 Å². The molecule has 6 N–H and O–H groups in total. The van der Waals surface area contributed by atoms with E-state index in [4.69, 9.17) is 0 Å². The molecule has 3 rings (SSSR count). The molecule has 3 heterocycles. The van der Waals surface area contributed by atoms with Gasteiger partial charge in [-0.05, 0) is 19.9 Å². The van der Waals surface area contributed by atoms with E-state index in [1.165, 1.54) is 0 Å². The summed E-state index contributed by atoms with van der Waals surface area (Å²) < 4.78 is 0. The normalized spacial score (nSPS) is 12.0. The van der Waals surface area contributed by atoms with Crippen molar-refractivity contribution in [3.05, 3.63) is 54.7 Å². The van der Waals surface area contributed by atoms with E-state index in [1.807, 2.05) is 20.8 Å². The van der Waals surface area contributed by atoms with E-state index < -0.39 is 0 Å². The first kappa shape index (κ1) is 40.6. The number of nitrogens with zero attached hydrogens (tertiary/aromatic N) is 3. The monoisotopic (exact) mass is 671 g/mol. The van der Waals surface area contributed by atoms with Gasteiger partial charge in [0.05, 0.1) is 6.04 Å². The van der Waals surface area contributed by atoms with E-state index in [9.17, 15) is 14.4 Å². The third-order valence-corrected chi connectivity index (χ3v) is 6.25. The van der Waals surface area contributed by atoms with Gasteiger partial charge in [0.25, 0.3) is 0 Å². The molecule has 3 aromatic rings. The van der Waals surface area contributed by atoms with E-state index in [0.29, 0.717) is 25.7 Å². The first-order valence-corrected chi connectivity index (χ1v) is 13.4. The average molecular weight is 674 g/mol. The first-order chi connectivity index (χ1) is 18.8. The summed E-state index contributed by atoms with van der Waals surface area (Å²) in [5.74, 6) is 3.02. The Kier molecular flexibility index (Phi) is 23.8. The number of aromatic amines is 3. The van der Waals surface area contributed by atoms with Gasteiger partial charge in [0.1, 0.15) is 23.3 Å². The summed E-state index contributed by atoms with van der Waals surface area (Å²) >= 11 is 0. The maximum Gasteiger partial charge on any atom is 0.223 e. The molecule has 0 saturated heterocycles. The summed E-state index contributed by atoms with van der Waals surface area (Å²) in [7, 11) is 5.11. The Morgan fingerprint density at radius 3 is 1.29 bits per heavy atom. The number of Topliss-reactive ketones (excluding diaryl/α,β-unsaturated/α-hetero) is 1. The number of likely N-dealkylation sites (N-methyl/N-ethyl adjacent to an activating group) is 1. The Labute approximate surface area is 268 Å². The fourth-order valence-electron chi connectivity index (χ4n) is 3.77. The molecule has 41 heavy (non-hydrogen) atoms. The second-order valence-electron chi connectivity index (χ2n) is 8.82. The molecule has 2 amide bonds. The Hall–Kier alpha value is -2.55. The topological polar surface area (TPSA) is 173 Å². The number of ketones is 1. The van der Waals surface area contributed by atoms with Gasteiger partial charge in [-0.3, -0.25) is 14.4 Å². The summed E-state index contributed by atoms with van der Waals surface area (Å²) in [5.41, 5.74) is 0. The predicted molar refractivity (Wildman–Crippen MR) is 151 cm³/mol. The SMILES string of the molecule is CCC(=O)[C@H](Cc1ncc[nH]1)NC.CC[C@@H](Cc1ncc[nH]1)C(=O)NC.CC[C@@H](Cc1ncc[nH]1)C(=O)NC.[Zn].[Zn]. The number of carbonyl (C=O) groups excluding carboxylic acids is 3. The molecule has 14 heteroatoms. The molecular weight excluding hydrogens is 629 g/mol. The van der Waals surface area contributed by atoms with E-state index in [-0.39, 0.29) is 74.4 Å². The summed E-state index contributed by atoms with van der Waals surface area (Å²) in [6.45, 7) is 5.88. The van der Waals surface area contributed by atoms with Crippen LogP contribution < -0.4 is 16.0 Å². The van der Waals surface area contributed by atoms with Crippen LogP contribution in [0.2, 0.25) is 0 Å². The zero-order valence-corrected chi connectivity index (χ0v) is 31.4. The molecule has 0 aromatic carbocycles. The minimum absolute atomic E-state index is 0. The molecule has 0 aliphatic carbocycles. The Morgan fingerprint density at radius 1 is 0.683 bits per heavy atom. The third-order valence-electron chi connectivity index (χ3n) is 6.25. The fraction of sp³-hybridized carbons (Fsp3) is 0.556. The maximum atomic E-state index is 11.4. The van der Waals surface area contributed by atoms with E-state index in [2.05, 4.69) is 45.9 Å². The molecule has 220 valence electrons. The number of imidazole rings is 3. The second kappa shape index (κ2) is 24.1. The van der Waals surface area contributed by atoms with Crippen LogP contribution in [0, 0.1) is 11.8 Å². The van der Waals surface area contributed by atoms with Gasteiger partial charge in [0.15, 0.2) is 0 Å². The first-order valence-electron chi connectivity index (χ1n) is 13.4. The molecule has 0 fully saturated rings. The summed E-state index contributed by atoms with van der Waals surface area (Å²) in [6, 6.07) is -0.115. The molecule has 0 aliphatic heterocycles. The quantitative estimate of drug-likeness (QED) is 0.151. The largest absolute Gasteiger partial charge is 0.359 e. The molecule has 0 unspecified atom stereocenters. The van der Waals surface area contributed by atoms with Crippen LogP contribution in [0.15, 0.2) is 37.2 Å². The van der Waals surface area contributed by atoms with Gasteiger partial charge in [-0.1, -0.05) is 20.8 Å². The predicted octanol–water partition coefficient (Wildman–Crippen LogP) is 1.96. The van der Waals surface area contributed by atoms with Crippen molar-refractivity contribution in [2.24, 2.45) is 11.8 Å². The van der Waals surface area contributed by atoms with E-state index in [0.717, 1.165) is 30.3 Å². The number of hydrogen-bond acceptors (Lipinski definition) is 7. The number of aromatic nitrogens is 6. The summed E-state index contributed by atoms with van der Waals surface area (Å²) in [6.07, 6.45) is 14.6. The molecule has 3 aromatic heterocycles. The van der Waals surface area contributed by atoms with Crippen LogP contribution >= 0.6 is 0 Å². The van der Waals surface area contributed by atoms with Crippen LogP contribution in [0.3, 0.4) is 0 Å². The number of H-pyrrole nitrogens is 3. The van der Waals surface area contributed by atoms with Crippen LogP contribution in [0.4, 0.5) is 0 Å². The van der Waals surface area contributed by atoms with Crippen molar-refractivity contribution >= 4 is 17.6 Å². The molecule has 12 nitrogen and oxygen atoms in total. The molecule has 0 radical (unpaired) electrons. The van der Waals surface area contributed by atoms with Crippen LogP contribution in [0.1, 0.15) is 57.5 Å². The van der Waals surface area contributed by atoms with Crippen molar-refractivity contribution in [2.75, 3.05) is 21.1 Å². The average Bonchev–Trinajstić information content (AvgIpc) is 3.77. The number of rotatable bonds is 13. The van der Waals surface area contributed by atoms with Crippen molar-refractivity contribution in [3.8, 4) is 0 Å². The fourth-order valence-corrected chi connectivity index (χ4v) is 3.77. The van der Waals surface area contributed by atoms with Gasteiger partial charge in [0.2, 0.25) is 11.8 Å². The number of hydrogen-bond donors (Lipinski definition) is 6. The minimum Gasteiger partial charge on any atom is -0.359 e. The second-order valence-corrected chi connectivity index (χ2v) is 8.82. The smallest absolute Gasteiger partial charge is 0.223 e. The van der Waals surface area contributed by atoms with Gasteiger partial charge in [-0.15, -0.1) is 0 Å². The van der Waals surface area contributed by atoms with Gasteiger partial charge >= 0.3 is 0 Å². The Morgan fingerprint density at radius 2 is 1.05 bits per heavy atom. The van der Waals surface area contributed by atoms with E-state index >= 15 is 0 Å². The van der Waals surface area contributed by atoms with Gasteiger partial charge in [-0.25, -0.2) is 15.0 Å². The van der Waals surface area contributed by atoms with Crippen LogP contribution in [0.25, 0.3) is 0 Å². The molecular formula is C27H45N9O3Zn2. The van der Waals surface area contributed by atoms with Crippen molar-refractivity contribution in [1.82, 2.24) is 45.9 Å².